The molecule has 15 heavy (non-hydrogen) atoms. The Hall–Kier alpha value is -0.120. The van der Waals surface area contributed by atoms with Crippen molar-refractivity contribution < 1.29 is 0 Å². The number of rotatable bonds is 5. The fourth-order valence-corrected chi connectivity index (χ4v) is 2.40. The molecule has 0 spiro atoms. The van der Waals surface area contributed by atoms with Crippen LogP contribution >= 0.6 is 0 Å². The number of nitrogens with zero attached hydrogens (tertiary/aromatic N) is 2. The molecule has 1 unspecified atom stereocenters. The van der Waals surface area contributed by atoms with E-state index in [1.54, 1.807) is 0 Å². The van der Waals surface area contributed by atoms with Gasteiger partial charge in [-0.2, -0.15) is 0 Å². The normalized spacial score (nSPS) is 22.2. The van der Waals surface area contributed by atoms with Crippen molar-refractivity contribution in [3.8, 4) is 0 Å². The van der Waals surface area contributed by atoms with Crippen molar-refractivity contribution in [3.63, 3.8) is 0 Å². The van der Waals surface area contributed by atoms with Gasteiger partial charge in [-0.1, -0.05) is 20.8 Å². The van der Waals surface area contributed by atoms with Crippen molar-refractivity contribution in [2.45, 2.75) is 33.2 Å². The standard InChI is InChI=1S/C12H27N3/c1-4-12(9-13)15-7-5-14(6-8-15)10-11(2)3/h11-12H,4-10,13H2,1-3H3. The molecule has 3 nitrogen and oxygen atoms in total. The highest BCUT2D eigenvalue weighted by molar-refractivity contribution is 4.78. The molecule has 1 heterocycles. The summed E-state index contributed by atoms with van der Waals surface area (Å²) in [5, 5.41) is 0. The summed E-state index contributed by atoms with van der Waals surface area (Å²) in [7, 11) is 0. The van der Waals surface area contributed by atoms with Crippen molar-refractivity contribution in [2.75, 3.05) is 39.3 Å². The second-order valence-electron chi connectivity index (χ2n) is 5.03. The smallest absolute Gasteiger partial charge is 0.0216 e. The maximum atomic E-state index is 5.77. The minimum Gasteiger partial charge on any atom is -0.329 e. The second-order valence-corrected chi connectivity index (χ2v) is 5.03. The summed E-state index contributed by atoms with van der Waals surface area (Å²) in [6.45, 7) is 13.7. The second kappa shape index (κ2) is 6.46. The number of nitrogens with two attached hydrogens (primary N) is 1. The fourth-order valence-electron chi connectivity index (χ4n) is 2.40. The maximum absolute atomic E-state index is 5.77. The van der Waals surface area contributed by atoms with Crippen LogP contribution in [0.5, 0.6) is 0 Å². The van der Waals surface area contributed by atoms with Gasteiger partial charge in [0.15, 0.2) is 0 Å². The van der Waals surface area contributed by atoms with Gasteiger partial charge in [0.2, 0.25) is 0 Å². The van der Waals surface area contributed by atoms with Crippen molar-refractivity contribution in [2.24, 2.45) is 11.7 Å². The molecule has 0 saturated carbocycles. The minimum absolute atomic E-state index is 0.603. The van der Waals surface area contributed by atoms with Crippen molar-refractivity contribution >= 4 is 0 Å². The van der Waals surface area contributed by atoms with Crippen molar-refractivity contribution in [3.05, 3.63) is 0 Å². The van der Waals surface area contributed by atoms with Crippen LogP contribution in [0.2, 0.25) is 0 Å². The third kappa shape index (κ3) is 4.09. The fraction of sp³-hybridized carbons (Fsp3) is 1.00. The molecule has 0 aliphatic carbocycles. The molecule has 90 valence electrons. The summed E-state index contributed by atoms with van der Waals surface area (Å²) in [6, 6.07) is 0.603. The molecule has 2 N–H and O–H groups in total. The average Bonchev–Trinajstić information content (AvgIpc) is 2.21. The Morgan fingerprint density at radius 1 is 1.13 bits per heavy atom. The number of hydrogen-bond acceptors (Lipinski definition) is 3. The van der Waals surface area contributed by atoms with Gasteiger partial charge < -0.3 is 10.6 Å². The molecule has 1 fully saturated rings. The first-order chi connectivity index (χ1) is 7.17. The highest BCUT2D eigenvalue weighted by Crippen LogP contribution is 2.09. The Balaban J connectivity index is 2.28. The first kappa shape index (κ1) is 12.9. The molecular weight excluding hydrogens is 186 g/mol. The van der Waals surface area contributed by atoms with Crippen molar-refractivity contribution in [1.29, 1.82) is 0 Å². The van der Waals surface area contributed by atoms with Gasteiger partial charge in [-0.25, -0.2) is 0 Å². The van der Waals surface area contributed by atoms with E-state index in [9.17, 15) is 0 Å². The maximum Gasteiger partial charge on any atom is 0.0216 e. The lowest BCUT2D eigenvalue weighted by atomic mass is 10.1. The molecule has 1 rings (SSSR count). The Kier molecular flexibility index (Phi) is 5.58. The van der Waals surface area contributed by atoms with Crippen LogP contribution < -0.4 is 5.73 Å². The molecule has 1 atom stereocenters. The van der Waals surface area contributed by atoms with E-state index in [-0.39, 0.29) is 0 Å². The van der Waals surface area contributed by atoms with E-state index < -0.39 is 0 Å². The van der Waals surface area contributed by atoms with Crippen molar-refractivity contribution in [1.82, 2.24) is 9.80 Å². The summed E-state index contributed by atoms with van der Waals surface area (Å²) in [6.07, 6.45) is 1.18. The van der Waals surface area contributed by atoms with Crippen LogP contribution in [0.3, 0.4) is 0 Å². The van der Waals surface area contributed by atoms with Crippen LogP contribution in [0.1, 0.15) is 27.2 Å². The van der Waals surface area contributed by atoms with Gasteiger partial charge in [0.25, 0.3) is 0 Å². The monoisotopic (exact) mass is 213 g/mol. The Morgan fingerprint density at radius 2 is 1.73 bits per heavy atom. The van der Waals surface area contributed by atoms with E-state index in [1.807, 2.05) is 0 Å². The van der Waals surface area contributed by atoms with Crippen LogP contribution in [0.25, 0.3) is 0 Å². The predicted molar refractivity (Wildman–Crippen MR) is 66.0 cm³/mol. The molecule has 3 heteroatoms. The van der Waals surface area contributed by atoms with E-state index in [4.69, 9.17) is 5.73 Å². The summed E-state index contributed by atoms with van der Waals surface area (Å²) in [4.78, 5) is 5.13. The molecule has 1 saturated heterocycles. The third-order valence-electron chi connectivity index (χ3n) is 3.29. The SMILES string of the molecule is CCC(CN)N1CCN(CC(C)C)CC1. The van der Waals surface area contributed by atoms with Crippen LogP contribution in [-0.2, 0) is 0 Å². The van der Waals surface area contributed by atoms with E-state index in [0.717, 1.165) is 12.5 Å². The Bertz CT molecular complexity index is 158. The molecule has 1 aliphatic heterocycles. The lowest BCUT2D eigenvalue weighted by Gasteiger charge is -2.39. The molecular formula is C12H27N3. The zero-order chi connectivity index (χ0) is 11.3. The van der Waals surface area contributed by atoms with Gasteiger partial charge in [0.1, 0.15) is 0 Å². The van der Waals surface area contributed by atoms with E-state index in [1.165, 1.54) is 39.1 Å². The summed E-state index contributed by atoms with van der Waals surface area (Å²) in [5.41, 5.74) is 5.77. The zero-order valence-electron chi connectivity index (χ0n) is 10.6. The van der Waals surface area contributed by atoms with Crippen LogP contribution in [0.4, 0.5) is 0 Å². The van der Waals surface area contributed by atoms with Gasteiger partial charge in [-0.3, -0.25) is 4.90 Å². The minimum atomic E-state index is 0.603. The quantitative estimate of drug-likeness (QED) is 0.739. The Labute approximate surface area is 94.6 Å². The van der Waals surface area contributed by atoms with Gasteiger partial charge in [-0.15, -0.1) is 0 Å². The molecule has 0 aromatic heterocycles. The van der Waals surface area contributed by atoms with Gasteiger partial charge in [0.05, 0.1) is 0 Å². The topological polar surface area (TPSA) is 32.5 Å². The van der Waals surface area contributed by atoms with E-state index in [2.05, 4.69) is 30.6 Å². The average molecular weight is 213 g/mol. The van der Waals surface area contributed by atoms with Crippen LogP contribution in [-0.4, -0.2) is 55.1 Å². The number of piperazine rings is 1. The van der Waals surface area contributed by atoms with Crippen LogP contribution in [0, 0.1) is 5.92 Å². The largest absolute Gasteiger partial charge is 0.329 e. The van der Waals surface area contributed by atoms with Gasteiger partial charge in [0, 0.05) is 45.3 Å². The first-order valence-corrected chi connectivity index (χ1v) is 6.33. The summed E-state index contributed by atoms with van der Waals surface area (Å²) < 4.78 is 0. The van der Waals surface area contributed by atoms with Gasteiger partial charge >= 0.3 is 0 Å². The summed E-state index contributed by atoms with van der Waals surface area (Å²) in [5.74, 6) is 0.785. The predicted octanol–water partition coefficient (Wildman–Crippen LogP) is 0.997. The molecule has 0 amide bonds. The number of hydrogen-bond donors (Lipinski definition) is 1. The van der Waals surface area contributed by atoms with Crippen LogP contribution in [0.15, 0.2) is 0 Å². The summed E-state index contributed by atoms with van der Waals surface area (Å²) >= 11 is 0. The lowest BCUT2D eigenvalue weighted by Crippen LogP contribution is -2.52. The highest BCUT2D eigenvalue weighted by atomic mass is 15.3. The molecule has 0 aromatic rings. The molecule has 0 radical (unpaired) electrons. The zero-order valence-corrected chi connectivity index (χ0v) is 10.6. The first-order valence-electron chi connectivity index (χ1n) is 6.33. The highest BCUT2D eigenvalue weighted by Gasteiger charge is 2.21. The molecule has 1 aliphatic rings. The van der Waals surface area contributed by atoms with E-state index >= 15 is 0 Å². The molecule has 0 aromatic carbocycles. The van der Waals surface area contributed by atoms with Gasteiger partial charge in [-0.05, 0) is 12.3 Å². The van der Waals surface area contributed by atoms with E-state index in [0.29, 0.717) is 6.04 Å². The Morgan fingerprint density at radius 3 is 2.13 bits per heavy atom. The third-order valence-corrected chi connectivity index (χ3v) is 3.29. The lowest BCUT2D eigenvalue weighted by molar-refractivity contribution is 0.0898. The molecule has 0 bridgehead atoms.